The summed E-state index contributed by atoms with van der Waals surface area (Å²) in [5, 5.41) is 9.16. The Bertz CT molecular complexity index is 361. The van der Waals surface area contributed by atoms with E-state index >= 15 is 0 Å². The fourth-order valence-electron chi connectivity index (χ4n) is 1.37. The summed E-state index contributed by atoms with van der Waals surface area (Å²) in [6.07, 6.45) is -0.251. The van der Waals surface area contributed by atoms with E-state index in [1.54, 1.807) is 12.1 Å². The number of rotatable bonds is 4. The summed E-state index contributed by atoms with van der Waals surface area (Å²) in [4.78, 5) is 11.1. The van der Waals surface area contributed by atoms with E-state index in [0.29, 0.717) is 17.7 Å². The lowest BCUT2D eigenvalue weighted by Gasteiger charge is -2.15. The molecule has 3 N–H and O–H groups in total. The van der Waals surface area contributed by atoms with Crippen molar-refractivity contribution < 1.29 is 14.6 Å². The molecule has 15 heavy (non-hydrogen) atoms. The molecule has 1 unspecified atom stereocenters. The number of nitrogens with two attached hydrogens (primary N) is 1. The number of aliphatic hydroxyl groups is 1. The molecule has 0 saturated carbocycles. The number of hydrogen-bond acceptors (Lipinski definition) is 3. The van der Waals surface area contributed by atoms with Crippen molar-refractivity contribution in [3.63, 3.8) is 0 Å². The molecule has 0 aliphatic rings. The van der Waals surface area contributed by atoms with Crippen molar-refractivity contribution in [1.29, 1.82) is 0 Å². The molecule has 1 aromatic carbocycles. The van der Waals surface area contributed by atoms with E-state index in [9.17, 15) is 4.79 Å². The van der Waals surface area contributed by atoms with Gasteiger partial charge in [-0.25, -0.2) is 0 Å². The minimum absolute atomic E-state index is 0.301. The topological polar surface area (TPSA) is 72.6 Å². The molecule has 82 valence electrons. The van der Waals surface area contributed by atoms with Gasteiger partial charge in [-0.2, -0.15) is 0 Å². The number of ether oxygens (including phenoxy) is 1. The number of aliphatic hydroxyl groups excluding tert-OH is 1. The quantitative estimate of drug-likeness (QED) is 0.728. The molecule has 0 saturated heterocycles. The highest BCUT2D eigenvalue weighted by Crippen LogP contribution is 2.25. The number of para-hydroxylation sites is 1. The largest absolute Gasteiger partial charge is 0.464 e. The first-order chi connectivity index (χ1) is 7.06. The Labute approximate surface area is 88.7 Å². The summed E-state index contributed by atoms with van der Waals surface area (Å²) >= 11 is 0. The molecule has 1 amide bonds. The molecule has 4 nitrogen and oxygen atoms in total. The number of amides is 1. The van der Waals surface area contributed by atoms with Crippen LogP contribution in [-0.4, -0.2) is 17.3 Å². The molecular weight excluding hydrogens is 194 g/mol. The fraction of sp³-hybridized carbons (Fsp3) is 0.364. The van der Waals surface area contributed by atoms with Crippen LogP contribution < -0.4 is 10.5 Å². The summed E-state index contributed by atoms with van der Waals surface area (Å²) < 4.78 is 5.18. The molecule has 0 radical (unpaired) electrons. The van der Waals surface area contributed by atoms with Gasteiger partial charge in [0.15, 0.2) is 6.29 Å². The first kappa shape index (κ1) is 11.5. The second-order valence-electron chi connectivity index (χ2n) is 3.23. The Kier molecular flexibility index (Phi) is 3.68. The highest BCUT2D eigenvalue weighted by atomic mass is 16.6. The van der Waals surface area contributed by atoms with Crippen molar-refractivity contribution in [1.82, 2.24) is 0 Å². The smallest absolute Gasteiger partial charge is 0.252 e. The average molecular weight is 209 g/mol. The van der Waals surface area contributed by atoms with E-state index in [4.69, 9.17) is 15.6 Å². The summed E-state index contributed by atoms with van der Waals surface area (Å²) in [6.45, 7) is 3.42. The second-order valence-corrected chi connectivity index (χ2v) is 3.23. The molecule has 0 fully saturated rings. The maximum atomic E-state index is 11.1. The lowest BCUT2D eigenvalue weighted by Crippen LogP contribution is -2.18. The van der Waals surface area contributed by atoms with Gasteiger partial charge in [-0.05, 0) is 25.0 Å². The molecule has 1 rings (SSSR count). The fourth-order valence-corrected chi connectivity index (χ4v) is 1.37. The standard InChI is InChI=1S/C11H15NO3/c1-3-8-5-4-6-9(11(12)14)10(8)15-7(2)13/h4-7,13H,3H2,1-2H3,(H2,12,14). The molecule has 0 bridgehead atoms. The van der Waals surface area contributed by atoms with Crippen LogP contribution in [0.15, 0.2) is 18.2 Å². The minimum atomic E-state index is -0.962. The van der Waals surface area contributed by atoms with Gasteiger partial charge in [-0.15, -0.1) is 0 Å². The maximum Gasteiger partial charge on any atom is 0.252 e. The molecule has 0 spiro atoms. The average Bonchev–Trinajstić information content (AvgIpc) is 2.16. The zero-order chi connectivity index (χ0) is 11.4. The number of aryl methyl sites for hydroxylation is 1. The van der Waals surface area contributed by atoms with Crippen molar-refractivity contribution in [2.24, 2.45) is 5.73 Å². The number of benzene rings is 1. The molecular formula is C11H15NO3. The van der Waals surface area contributed by atoms with Crippen molar-refractivity contribution in [2.75, 3.05) is 0 Å². The van der Waals surface area contributed by atoms with E-state index in [1.807, 2.05) is 13.0 Å². The van der Waals surface area contributed by atoms with Gasteiger partial charge in [0.05, 0.1) is 5.56 Å². The Morgan fingerprint density at radius 3 is 2.73 bits per heavy atom. The molecule has 1 aromatic rings. The summed E-state index contributed by atoms with van der Waals surface area (Å²) in [5.41, 5.74) is 6.37. The summed E-state index contributed by atoms with van der Waals surface area (Å²) in [6, 6.07) is 5.16. The van der Waals surface area contributed by atoms with Gasteiger partial charge in [-0.1, -0.05) is 19.1 Å². The van der Waals surface area contributed by atoms with Crippen LogP contribution in [0, 0.1) is 0 Å². The van der Waals surface area contributed by atoms with Crippen LogP contribution in [0.1, 0.15) is 29.8 Å². The van der Waals surface area contributed by atoms with Crippen molar-refractivity contribution in [2.45, 2.75) is 26.6 Å². The lowest BCUT2D eigenvalue weighted by molar-refractivity contribution is -0.00142. The first-order valence-corrected chi connectivity index (χ1v) is 4.82. The molecule has 0 aliphatic heterocycles. The first-order valence-electron chi connectivity index (χ1n) is 4.82. The minimum Gasteiger partial charge on any atom is -0.464 e. The van der Waals surface area contributed by atoms with E-state index in [0.717, 1.165) is 5.56 Å². The Morgan fingerprint density at radius 1 is 1.60 bits per heavy atom. The zero-order valence-corrected chi connectivity index (χ0v) is 8.86. The van der Waals surface area contributed by atoms with Gasteiger partial charge in [0.2, 0.25) is 0 Å². The molecule has 1 atom stereocenters. The predicted octanol–water partition coefficient (Wildman–Crippen LogP) is 1.06. The molecule has 0 aliphatic carbocycles. The maximum absolute atomic E-state index is 11.1. The summed E-state index contributed by atoms with van der Waals surface area (Å²) in [5.74, 6) is -0.177. The normalized spacial score (nSPS) is 12.2. The van der Waals surface area contributed by atoms with Gasteiger partial charge < -0.3 is 15.6 Å². The van der Waals surface area contributed by atoms with Crippen molar-refractivity contribution >= 4 is 5.91 Å². The lowest BCUT2D eigenvalue weighted by atomic mass is 10.1. The Balaban J connectivity index is 3.20. The third-order valence-corrected chi connectivity index (χ3v) is 2.03. The van der Waals surface area contributed by atoms with Gasteiger partial charge in [0.25, 0.3) is 5.91 Å². The van der Waals surface area contributed by atoms with Gasteiger partial charge in [0.1, 0.15) is 5.75 Å². The van der Waals surface area contributed by atoms with E-state index in [-0.39, 0.29) is 0 Å². The van der Waals surface area contributed by atoms with Crippen LogP contribution in [0.25, 0.3) is 0 Å². The molecule has 0 heterocycles. The van der Waals surface area contributed by atoms with Crippen LogP contribution in [0.2, 0.25) is 0 Å². The predicted molar refractivity (Wildman–Crippen MR) is 56.6 cm³/mol. The zero-order valence-electron chi connectivity index (χ0n) is 8.86. The van der Waals surface area contributed by atoms with Gasteiger partial charge >= 0.3 is 0 Å². The van der Waals surface area contributed by atoms with E-state index in [1.165, 1.54) is 6.92 Å². The van der Waals surface area contributed by atoms with Crippen LogP contribution in [0.3, 0.4) is 0 Å². The van der Waals surface area contributed by atoms with Gasteiger partial charge in [0, 0.05) is 0 Å². The highest BCUT2D eigenvalue weighted by Gasteiger charge is 2.14. The number of primary amides is 1. The van der Waals surface area contributed by atoms with Crippen LogP contribution in [0.4, 0.5) is 0 Å². The SMILES string of the molecule is CCc1cccc(C(N)=O)c1OC(C)O. The van der Waals surface area contributed by atoms with E-state index < -0.39 is 12.2 Å². The van der Waals surface area contributed by atoms with Crippen LogP contribution in [0.5, 0.6) is 5.75 Å². The Hall–Kier alpha value is -1.55. The molecule has 4 heteroatoms. The Morgan fingerprint density at radius 2 is 2.27 bits per heavy atom. The number of carbonyl (C=O) groups is 1. The second kappa shape index (κ2) is 4.79. The van der Waals surface area contributed by atoms with Crippen LogP contribution >= 0.6 is 0 Å². The number of carbonyl (C=O) groups excluding carboxylic acids is 1. The monoisotopic (exact) mass is 209 g/mol. The third kappa shape index (κ3) is 2.70. The third-order valence-electron chi connectivity index (χ3n) is 2.03. The molecule has 0 aromatic heterocycles. The van der Waals surface area contributed by atoms with E-state index in [2.05, 4.69) is 0 Å². The number of hydrogen-bond donors (Lipinski definition) is 2. The van der Waals surface area contributed by atoms with Crippen LogP contribution in [-0.2, 0) is 6.42 Å². The van der Waals surface area contributed by atoms with Crippen molar-refractivity contribution in [3.05, 3.63) is 29.3 Å². The van der Waals surface area contributed by atoms with Gasteiger partial charge in [-0.3, -0.25) is 4.79 Å². The van der Waals surface area contributed by atoms with Crippen molar-refractivity contribution in [3.8, 4) is 5.75 Å². The highest BCUT2D eigenvalue weighted by molar-refractivity contribution is 5.96. The summed E-state index contributed by atoms with van der Waals surface area (Å²) in [7, 11) is 0.